The van der Waals surface area contributed by atoms with Gasteiger partial charge < -0.3 is 5.11 Å². The fraction of sp³-hybridized carbons (Fsp3) is 0.111. The van der Waals surface area contributed by atoms with Crippen molar-refractivity contribution in [2.45, 2.75) is 6.42 Å². The van der Waals surface area contributed by atoms with Crippen LogP contribution in [-0.4, -0.2) is 10.1 Å². The van der Waals surface area contributed by atoms with Gasteiger partial charge in [0.15, 0.2) is 0 Å². The molecule has 3 heteroatoms. The van der Waals surface area contributed by atoms with Gasteiger partial charge >= 0.3 is 0 Å². The van der Waals surface area contributed by atoms with Crippen LogP contribution in [0.15, 0.2) is 36.4 Å². The Kier molecular flexibility index (Phi) is 2.86. The average molecular weight is 160 g/mol. The van der Waals surface area contributed by atoms with Crippen LogP contribution in [0.2, 0.25) is 0 Å². The lowest BCUT2D eigenvalue weighted by molar-refractivity contribution is 0.468. The minimum atomic E-state index is 0.336. The van der Waals surface area contributed by atoms with Gasteiger partial charge in [-0.25, -0.2) is 0 Å². The molecule has 0 aliphatic rings. The monoisotopic (exact) mass is 160 g/mol. The predicted octanol–water partition coefficient (Wildman–Crippen LogP) is 1.59. The molecule has 0 saturated carbocycles. The lowest BCUT2D eigenvalue weighted by Gasteiger charge is -1.95. The number of nitriles is 1. The molecule has 1 aromatic heterocycles. The van der Waals surface area contributed by atoms with E-state index >= 15 is 0 Å². The Morgan fingerprint density at radius 2 is 2.58 bits per heavy atom. The zero-order chi connectivity index (χ0) is 8.81. The second-order valence-corrected chi connectivity index (χ2v) is 2.30. The van der Waals surface area contributed by atoms with Crippen molar-refractivity contribution in [1.82, 2.24) is 4.98 Å². The van der Waals surface area contributed by atoms with Gasteiger partial charge in [0.25, 0.3) is 0 Å². The third kappa shape index (κ3) is 2.10. The Balaban J connectivity index is 2.72. The summed E-state index contributed by atoms with van der Waals surface area (Å²) >= 11 is 0. The van der Waals surface area contributed by atoms with Gasteiger partial charge in [-0.05, 0) is 11.6 Å². The van der Waals surface area contributed by atoms with Crippen molar-refractivity contribution in [2.75, 3.05) is 0 Å². The highest BCUT2D eigenvalue weighted by Crippen LogP contribution is 2.04. The Morgan fingerprint density at radius 1 is 1.75 bits per heavy atom. The van der Waals surface area contributed by atoms with E-state index in [4.69, 9.17) is 10.4 Å². The van der Waals surface area contributed by atoms with E-state index in [9.17, 15) is 0 Å². The number of pyridine rings is 1. The van der Waals surface area contributed by atoms with Crippen molar-refractivity contribution in [3.05, 3.63) is 41.9 Å². The molecule has 0 amide bonds. The van der Waals surface area contributed by atoms with Gasteiger partial charge in [-0.2, -0.15) is 5.26 Å². The van der Waals surface area contributed by atoms with E-state index in [0.29, 0.717) is 12.0 Å². The smallest absolute Gasteiger partial charge is 0.0982 e. The maximum absolute atomic E-state index is 8.58. The van der Waals surface area contributed by atoms with Gasteiger partial charge in [-0.1, -0.05) is 6.07 Å². The quantitative estimate of drug-likeness (QED) is 0.528. The summed E-state index contributed by atoms with van der Waals surface area (Å²) in [4.78, 5) is 3.89. The molecular weight excluding hydrogens is 152 g/mol. The minimum absolute atomic E-state index is 0.336. The molecule has 0 aliphatic carbocycles. The maximum Gasteiger partial charge on any atom is 0.0982 e. The van der Waals surface area contributed by atoms with Gasteiger partial charge in [-0.3, -0.25) is 4.98 Å². The summed E-state index contributed by atoms with van der Waals surface area (Å²) in [6, 6.07) is 5.53. The van der Waals surface area contributed by atoms with Gasteiger partial charge in [0, 0.05) is 18.8 Å². The third-order valence-corrected chi connectivity index (χ3v) is 1.42. The first-order chi connectivity index (χ1) is 5.86. The van der Waals surface area contributed by atoms with Crippen molar-refractivity contribution in [3.8, 4) is 6.07 Å². The number of hydrogen-bond donors (Lipinski definition) is 1. The summed E-state index contributed by atoms with van der Waals surface area (Å²) in [5, 5.41) is 17.1. The van der Waals surface area contributed by atoms with Crippen LogP contribution in [-0.2, 0) is 6.42 Å². The highest BCUT2D eigenvalue weighted by Gasteiger charge is 1.97. The highest BCUT2D eigenvalue weighted by molar-refractivity contribution is 5.26. The Morgan fingerprint density at radius 3 is 3.08 bits per heavy atom. The molecule has 1 heterocycles. The standard InChI is InChI=1S/C9H8N2O/c10-5-9(7-12)4-8-2-1-3-11-6-8/h1-3,6-7,12H,4H2/b9-7+. The normalized spacial score (nSPS) is 10.8. The highest BCUT2D eigenvalue weighted by atomic mass is 16.2. The van der Waals surface area contributed by atoms with Crippen molar-refractivity contribution < 1.29 is 5.11 Å². The summed E-state index contributed by atoms with van der Waals surface area (Å²) in [6.07, 6.45) is 4.59. The fourth-order valence-electron chi connectivity index (χ4n) is 0.837. The van der Waals surface area contributed by atoms with Crippen LogP contribution in [0.4, 0.5) is 0 Å². The summed E-state index contributed by atoms with van der Waals surface area (Å²) < 4.78 is 0. The van der Waals surface area contributed by atoms with E-state index < -0.39 is 0 Å². The van der Waals surface area contributed by atoms with E-state index in [0.717, 1.165) is 11.8 Å². The Bertz CT molecular complexity index is 311. The minimum Gasteiger partial charge on any atom is -0.515 e. The SMILES string of the molecule is N#C/C(=C/O)Cc1cccnc1. The molecule has 3 nitrogen and oxygen atoms in total. The van der Waals surface area contributed by atoms with Crippen LogP contribution < -0.4 is 0 Å². The van der Waals surface area contributed by atoms with Crippen molar-refractivity contribution in [1.29, 1.82) is 5.26 Å². The molecule has 60 valence electrons. The van der Waals surface area contributed by atoms with Crippen LogP contribution in [0, 0.1) is 11.3 Å². The van der Waals surface area contributed by atoms with Crippen molar-refractivity contribution in [2.24, 2.45) is 0 Å². The largest absolute Gasteiger partial charge is 0.515 e. The van der Waals surface area contributed by atoms with Crippen LogP contribution in [0.25, 0.3) is 0 Å². The second-order valence-electron chi connectivity index (χ2n) is 2.30. The Hall–Kier alpha value is -1.82. The molecular formula is C9H8N2O. The summed E-state index contributed by atoms with van der Waals surface area (Å²) in [5.41, 5.74) is 1.25. The molecule has 0 radical (unpaired) electrons. The van der Waals surface area contributed by atoms with Gasteiger partial charge in [0.2, 0.25) is 0 Å². The first-order valence-electron chi connectivity index (χ1n) is 3.49. The molecule has 0 aliphatic heterocycles. The lowest BCUT2D eigenvalue weighted by atomic mass is 10.1. The number of rotatable bonds is 2. The molecule has 0 bridgehead atoms. The zero-order valence-corrected chi connectivity index (χ0v) is 6.44. The number of aliphatic hydroxyl groups is 1. The van der Waals surface area contributed by atoms with Crippen LogP contribution in [0.3, 0.4) is 0 Å². The summed E-state index contributed by atoms with van der Waals surface area (Å²) in [7, 11) is 0. The lowest BCUT2D eigenvalue weighted by Crippen LogP contribution is -1.88. The molecule has 0 aromatic carbocycles. The fourth-order valence-corrected chi connectivity index (χ4v) is 0.837. The van der Waals surface area contributed by atoms with Gasteiger partial charge in [0.05, 0.1) is 17.9 Å². The first-order valence-corrected chi connectivity index (χ1v) is 3.49. The summed E-state index contributed by atoms with van der Waals surface area (Å²) in [5.74, 6) is 0. The Labute approximate surface area is 70.6 Å². The topological polar surface area (TPSA) is 56.9 Å². The van der Waals surface area contributed by atoms with E-state index in [2.05, 4.69) is 4.98 Å². The predicted molar refractivity (Wildman–Crippen MR) is 44.3 cm³/mol. The molecule has 0 saturated heterocycles. The van der Waals surface area contributed by atoms with E-state index in [1.807, 2.05) is 12.1 Å². The molecule has 0 spiro atoms. The summed E-state index contributed by atoms with van der Waals surface area (Å²) in [6.45, 7) is 0. The van der Waals surface area contributed by atoms with Crippen molar-refractivity contribution in [3.63, 3.8) is 0 Å². The zero-order valence-electron chi connectivity index (χ0n) is 6.44. The number of allylic oxidation sites excluding steroid dienone is 1. The molecule has 1 aromatic rings. The third-order valence-electron chi connectivity index (χ3n) is 1.42. The van der Waals surface area contributed by atoms with Crippen LogP contribution in [0.5, 0.6) is 0 Å². The van der Waals surface area contributed by atoms with E-state index in [1.54, 1.807) is 18.5 Å². The second kappa shape index (κ2) is 4.14. The van der Waals surface area contributed by atoms with Crippen LogP contribution >= 0.6 is 0 Å². The molecule has 0 atom stereocenters. The number of hydrogen-bond acceptors (Lipinski definition) is 3. The van der Waals surface area contributed by atoms with Gasteiger partial charge in [0.1, 0.15) is 0 Å². The molecule has 0 fully saturated rings. The average Bonchev–Trinajstić information content (AvgIpc) is 2.16. The number of aromatic nitrogens is 1. The van der Waals surface area contributed by atoms with E-state index in [-0.39, 0.29) is 0 Å². The van der Waals surface area contributed by atoms with E-state index in [1.165, 1.54) is 0 Å². The first kappa shape index (κ1) is 8.28. The molecule has 1 rings (SSSR count). The van der Waals surface area contributed by atoms with Crippen molar-refractivity contribution >= 4 is 0 Å². The number of aliphatic hydroxyl groups excluding tert-OH is 1. The number of nitrogens with zero attached hydrogens (tertiary/aromatic N) is 2. The molecule has 1 N–H and O–H groups in total. The van der Waals surface area contributed by atoms with Crippen LogP contribution in [0.1, 0.15) is 5.56 Å². The molecule has 12 heavy (non-hydrogen) atoms. The van der Waals surface area contributed by atoms with Gasteiger partial charge in [-0.15, -0.1) is 0 Å². The molecule has 0 unspecified atom stereocenters. The maximum atomic E-state index is 8.58.